The molecule has 0 aliphatic carbocycles. The molecular formula is C17H22N4O2. The molecule has 6 nitrogen and oxygen atoms in total. The van der Waals surface area contributed by atoms with Gasteiger partial charge in [-0.3, -0.25) is 4.68 Å². The van der Waals surface area contributed by atoms with E-state index in [4.69, 9.17) is 4.74 Å². The van der Waals surface area contributed by atoms with E-state index in [1.807, 2.05) is 29.3 Å². The molecule has 1 aliphatic rings. The number of nitrogens with zero attached hydrogens (tertiary/aromatic N) is 3. The number of nitrogens with one attached hydrogen (secondary N) is 1. The molecule has 23 heavy (non-hydrogen) atoms. The number of aromatic nitrogens is 2. The van der Waals surface area contributed by atoms with Crippen molar-refractivity contribution in [2.24, 2.45) is 5.92 Å². The van der Waals surface area contributed by atoms with Crippen LogP contribution in [0.1, 0.15) is 18.5 Å². The van der Waals surface area contributed by atoms with Crippen LogP contribution in [0.4, 0.5) is 10.5 Å². The number of likely N-dealkylation sites (tertiary alicyclic amines) is 1. The Balaban J connectivity index is 1.63. The second-order valence-corrected chi connectivity index (χ2v) is 5.90. The van der Waals surface area contributed by atoms with E-state index in [0.717, 1.165) is 6.54 Å². The van der Waals surface area contributed by atoms with Crippen LogP contribution in [0.15, 0.2) is 42.7 Å². The molecule has 0 bridgehead atoms. The first kappa shape index (κ1) is 15.6. The molecular weight excluding hydrogens is 292 g/mol. The zero-order valence-corrected chi connectivity index (χ0v) is 13.5. The van der Waals surface area contributed by atoms with Crippen LogP contribution in [0.25, 0.3) is 0 Å². The first-order valence-electron chi connectivity index (χ1n) is 7.83. The quantitative estimate of drug-likeness (QED) is 0.923. The molecule has 1 saturated heterocycles. The lowest BCUT2D eigenvalue weighted by Crippen LogP contribution is -2.53. The fourth-order valence-corrected chi connectivity index (χ4v) is 2.99. The van der Waals surface area contributed by atoms with Gasteiger partial charge in [-0.1, -0.05) is 37.3 Å². The van der Waals surface area contributed by atoms with Gasteiger partial charge in [-0.15, -0.1) is 0 Å². The van der Waals surface area contributed by atoms with Crippen molar-refractivity contribution >= 4 is 11.7 Å². The second-order valence-electron chi connectivity index (χ2n) is 5.90. The molecule has 122 valence electrons. The van der Waals surface area contributed by atoms with Crippen molar-refractivity contribution in [2.75, 3.05) is 25.6 Å². The molecule has 3 rings (SSSR count). The number of amides is 2. The number of methoxy groups -OCH3 is 1. The van der Waals surface area contributed by atoms with Crippen LogP contribution in [-0.4, -0.2) is 41.0 Å². The molecule has 0 unspecified atom stereocenters. The standard InChI is InChI=1S/C17H22N4O2/c1-13-11-21(16(13)14-6-4-3-5-7-14)17(22)19-15-10-18-20(12-15)8-9-23-2/h3-7,10,12-13,16H,8-9,11H2,1-2H3,(H,19,22)/t13-,16+/m1/s1. The highest BCUT2D eigenvalue weighted by atomic mass is 16.5. The van der Waals surface area contributed by atoms with E-state index < -0.39 is 0 Å². The summed E-state index contributed by atoms with van der Waals surface area (Å²) < 4.78 is 6.78. The molecule has 2 atom stereocenters. The molecule has 1 fully saturated rings. The van der Waals surface area contributed by atoms with Crippen LogP contribution in [0.5, 0.6) is 0 Å². The number of carbonyl (C=O) groups is 1. The first-order chi connectivity index (χ1) is 11.2. The number of urea groups is 1. The van der Waals surface area contributed by atoms with E-state index in [0.29, 0.717) is 24.8 Å². The number of hydrogen-bond acceptors (Lipinski definition) is 3. The molecule has 2 heterocycles. The Morgan fingerprint density at radius 3 is 2.87 bits per heavy atom. The van der Waals surface area contributed by atoms with E-state index >= 15 is 0 Å². The SMILES string of the molecule is COCCn1cc(NC(=O)N2C[C@@H](C)[C@H]2c2ccccc2)cn1. The van der Waals surface area contributed by atoms with Crippen molar-refractivity contribution in [1.29, 1.82) is 0 Å². The number of hydrogen-bond donors (Lipinski definition) is 1. The minimum atomic E-state index is -0.0803. The summed E-state index contributed by atoms with van der Waals surface area (Å²) in [5, 5.41) is 7.13. The van der Waals surface area contributed by atoms with Gasteiger partial charge < -0.3 is 15.0 Å². The van der Waals surface area contributed by atoms with E-state index in [-0.39, 0.29) is 12.1 Å². The Morgan fingerprint density at radius 1 is 1.39 bits per heavy atom. The Kier molecular flexibility index (Phi) is 4.62. The van der Waals surface area contributed by atoms with Crippen molar-refractivity contribution in [3.63, 3.8) is 0 Å². The van der Waals surface area contributed by atoms with Gasteiger partial charge in [0, 0.05) is 19.9 Å². The third-order valence-electron chi connectivity index (χ3n) is 4.17. The summed E-state index contributed by atoms with van der Waals surface area (Å²) in [6, 6.07) is 10.2. The second kappa shape index (κ2) is 6.83. The maximum absolute atomic E-state index is 12.5. The zero-order chi connectivity index (χ0) is 16.2. The smallest absolute Gasteiger partial charge is 0.322 e. The van der Waals surface area contributed by atoms with Gasteiger partial charge in [0.1, 0.15) is 0 Å². The van der Waals surface area contributed by atoms with Gasteiger partial charge in [-0.2, -0.15) is 5.10 Å². The summed E-state index contributed by atoms with van der Waals surface area (Å²) in [4.78, 5) is 14.4. The molecule has 1 aromatic heterocycles. The monoisotopic (exact) mass is 314 g/mol. The van der Waals surface area contributed by atoms with Crippen LogP contribution < -0.4 is 5.32 Å². The van der Waals surface area contributed by atoms with E-state index in [1.54, 1.807) is 18.0 Å². The van der Waals surface area contributed by atoms with Gasteiger partial charge in [-0.05, 0) is 11.5 Å². The third-order valence-corrected chi connectivity index (χ3v) is 4.17. The predicted molar refractivity (Wildman–Crippen MR) is 88.2 cm³/mol. The largest absolute Gasteiger partial charge is 0.383 e. The highest BCUT2D eigenvalue weighted by molar-refractivity contribution is 5.90. The maximum atomic E-state index is 12.5. The van der Waals surface area contributed by atoms with Crippen molar-refractivity contribution < 1.29 is 9.53 Å². The van der Waals surface area contributed by atoms with E-state index in [9.17, 15) is 4.79 Å². The molecule has 6 heteroatoms. The van der Waals surface area contributed by atoms with Crippen LogP contribution in [-0.2, 0) is 11.3 Å². The fraction of sp³-hybridized carbons (Fsp3) is 0.412. The first-order valence-corrected chi connectivity index (χ1v) is 7.83. The molecule has 0 saturated carbocycles. The third kappa shape index (κ3) is 3.37. The van der Waals surface area contributed by atoms with E-state index in [2.05, 4.69) is 29.5 Å². The Morgan fingerprint density at radius 2 is 2.17 bits per heavy atom. The lowest BCUT2D eigenvalue weighted by Gasteiger charge is -2.46. The summed E-state index contributed by atoms with van der Waals surface area (Å²) in [5.74, 6) is 0.465. The lowest BCUT2D eigenvalue weighted by molar-refractivity contribution is 0.0671. The number of carbonyl (C=O) groups excluding carboxylic acids is 1. The van der Waals surface area contributed by atoms with Crippen LogP contribution >= 0.6 is 0 Å². The lowest BCUT2D eigenvalue weighted by atomic mass is 9.85. The van der Waals surface area contributed by atoms with Crippen LogP contribution in [0.2, 0.25) is 0 Å². The van der Waals surface area contributed by atoms with E-state index in [1.165, 1.54) is 5.56 Å². The molecule has 2 aromatic rings. The molecule has 0 radical (unpaired) electrons. The van der Waals surface area contributed by atoms with Crippen molar-refractivity contribution in [1.82, 2.24) is 14.7 Å². The van der Waals surface area contributed by atoms with Gasteiger partial charge in [0.2, 0.25) is 0 Å². The van der Waals surface area contributed by atoms with Gasteiger partial charge in [0.05, 0.1) is 31.1 Å². The normalized spacial score (nSPS) is 20.2. The summed E-state index contributed by atoms with van der Waals surface area (Å²) in [5.41, 5.74) is 1.88. The van der Waals surface area contributed by atoms with Crippen LogP contribution in [0.3, 0.4) is 0 Å². The Labute approximate surface area is 136 Å². The van der Waals surface area contributed by atoms with Crippen LogP contribution in [0, 0.1) is 5.92 Å². The number of rotatable bonds is 5. The highest BCUT2D eigenvalue weighted by Crippen LogP contribution is 2.38. The number of anilines is 1. The van der Waals surface area contributed by atoms with Gasteiger partial charge in [-0.25, -0.2) is 4.79 Å². The molecule has 0 spiro atoms. The summed E-state index contributed by atoms with van der Waals surface area (Å²) >= 11 is 0. The number of ether oxygens (including phenoxy) is 1. The molecule has 1 N–H and O–H groups in total. The molecule has 1 aliphatic heterocycles. The summed E-state index contributed by atoms with van der Waals surface area (Å²) in [6.45, 7) is 4.20. The predicted octanol–water partition coefficient (Wildman–Crippen LogP) is 2.75. The maximum Gasteiger partial charge on any atom is 0.322 e. The number of benzene rings is 1. The summed E-state index contributed by atoms with van der Waals surface area (Å²) in [6.07, 6.45) is 3.48. The average molecular weight is 314 g/mol. The Hall–Kier alpha value is -2.34. The van der Waals surface area contributed by atoms with Gasteiger partial charge in [0.25, 0.3) is 0 Å². The topological polar surface area (TPSA) is 59.4 Å². The highest BCUT2D eigenvalue weighted by Gasteiger charge is 2.39. The summed E-state index contributed by atoms with van der Waals surface area (Å²) in [7, 11) is 1.65. The fourth-order valence-electron chi connectivity index (χ4n) is 2.99. The van der Waals surface area contributed by atoms with Gasteiger partial charge in [0.15, 0.2) is 0 Å². The molecule has 1 aromatic carbocycles. The minimum Gasteiger partial charge on any atom is -0.383 e. The minimum absolute atomic E-state index is 0.0803. The van der Waals surface area contributed by atoms with Crippen molar-refractivity contribution in [2.45, 2.75) is 19.5 Å². The molecule has 2 amide bonds. The van der Waals surface area contributed by atoms with Crippen molar-refractivity contribution in [3.8, 4) is 0 Å². The Bertz CT molecular complexity index is 656. The van der Waals surface area contributed by atoms with Gasteiger partial charge >= 0.3 is 6.03 Å². The van der Waals surface area contributed by atoms with Crippen molar-refractivity contribution in [3.05, 3.63) is 48.3 Å². The zero-order valence-electron chi connectivity index (χ0n) is 13.5. The average Bonchev–Trinajstić information content (AvgIpc) is 2.98.